The van der Waals surface area contributed by atoms with E-state index in [4.69, 9.17) is 5.73 Å². The summed E-state index contributed by atoms with van der Waals surface area (Å²) in [6.07, 6.45) is 5.45. The van der Waals surface area contributed by atoms with Crippen molar-refractivity contribution in [3.05, 3.63) is 40.0 Å². The highest BCUT2D eigenvalue weighted by molar-refractivity contribution is 7.09. The minimum Gasteiger partial charge on any atom is -0.404 e. The van der Waals surface area contributed by atoms with Gasteiger partial charge in [-0.1, -0.05) is 12.0 Å². The van der Waals surface area contributed by atoms with Gasteiger partial charge in [-0.15, -0.1) is 11.3 Å². The predicted octanol–water partition coefficient (Wildman–Crippen LogP) is 2.59. The van der Waals surface area contributed by atoms with Crippen LogP contribution in [0.15, 0.2) is 29.3 Å². The molecule has 0 radical (unpaired) electrons. The summed E-state index contributed by atoms with van der Waals surface area (Å²) in [6, 6.07) is 0. The van der Waals surface area contributed by atoms with Gasteiger partial charge in [-0.2, -0.15) is 0 Å². The van der Waals surface area contributed by atoms with Gasteiger partial charge in [0, 0.05) is 29.2 Å². The smallest absolute Gasteiger partial charge is 0.124 e. The molecule has 0 aliphatic carbocycles. The van der Waals surface area contributed by atoms with Gasteiger partial charge in [-0.3, -0.25) is 0 Å². The SMILES string of the molecule is Cc1nc(C#CC(/C=C\CNC(C)(C)C)=C/N)cs1. The van der Waals surface area contributed by atoms with Gasteiger partial charge in [-0.25, -0.2) is 4.98 Å². The lowest BCUT2D eigenvalue weighted by molar-refractivity contribution is 0.449. The molecule has 4 heteroatoms. The van der Waals surface area contributed by atoms with Crippen LogP contribution in [0.25, 0.3) is 0 Å². The number of allylic oxidation sites excluding steroid dienone is 2. The molecule has 0 unspecified atom stereocenters. The summed E-state index contributed by atoms with van der Waals surface area (Å²) in [5.41, 5.74) is 7.26. The van der Waals surface area contributed by atoms with Crippen LogP contribution in [0.1, 0.15) is 31.5 Å². The van der Waals surface area contributed by atoms with Gasteiger partial charge >= 0.3 is 0 Å². The fourth-order valence-corrected chi connectivity index (χ4v) is 1.79. The molecule has 0 bridgehead atoms. The highest BCUT2D eigenvalue weighted by atomic mass is 32.1. The number of aromatic nitrogens is 1. The average molecular weight is 275 g/mol. The standard InChI is InChI=1S/C15H21N3S/c1-12-18-14(11-19-12)8-7-13(10-16)6-5-9-17-15(2,3)4/h5-6,10-11,17H,9,16H2,1-4H3/b6-5-,13-10+. The van der Waals surface area contributed by atoms with Gasteiger partial charge in [-0.05, 0) is 39.7 Å². The van der Waals surface area contributed by atoms with Crippen molar-refractivity contribution in [2.45, 2.75) is 33.2 Å². The molecule has 3 N–H and O–H groups in total. The highest BCUT2D eigenvalue weighted by Crippen LogP contribution is 2.06. The second kappa shape index (κ2) is 7.13. The number of thiazole rings is 1. The first-order valence-corrected chi connectivity index (χ1v) is 7.06. The molecule has 0 fully saturated rings. The zero-order chi connectivity index (χ0) is 14.3. The Hall–Kier alpha value is -1.57. The topological polar surface area (TPSA) is 50.9 Å². The van der Waals surface area contributed by atoms with Crippen LogP contribution in [-0.4, -0.2) is 17.1 Å². The molecule has 0 aromatic carbocycles. The van der Waals surface area contributed by atoms with E-state index in [2.05, 4.69) is 42.9 Å². The second-order valence-electron chi connectivity index (χ2n) is 5.16. The molecule has 102 valence electrons. The third-order valence-corrected chi connectivity index (χ3v) is 2.95. The minimum atomic E-state index is 0.112. The summed E-state index contributed by atoms with van der Waals surface area (Å²) in [5, 5.41) is 6.33. The van der Waals surface area contributed by atoms with Crippen LogP contribution >= 0.6 is 11.3 Å². The van der Waals surface area contributed by atoms with Gasteiger partial charge in [0.15, 0.2) is 0 Å². The molecule has 0 aliphatic heterocycles. The lowest BCUT2D eigenvalue weighted by Crippen LogP contribution is -2.35. The molecular weight excluding hydrogens is 254 g/mol. The first-order chi connectivity index (χ1) is 8.90. The van der Waals surface area contributed by atoms with Crippen LogP contribution < -0.4 is 11.1 Å². The number of hydrogen-bond donors (Lipinski definition) is 2. The molecule has 1 aromatic heterocycles. The minimum absolute atomic E-state index is 0.112. The summed E-state index contributed by atoms with van der Waals surface area (Å²) < 4.78 is 0. The molecule has 0 amide bonds. The number of aryl methyl sites for hydroxylation is 1. The van der Waals surface area contributed by atoms with Crippen LogP contribution in [0.4, 0.5) is 0 Å². The van der Waals surface area contributed by atoms with E-state index in [1.54, 1.807) is 11.3 Å². The average Bonchev–Trinajstić information content (AvgIpc) is 2.73. The maximum atomic E-state index is 5.56. The third-order valence-electron chi connectivity index (χ3n) is 2.18. The summed E-state index contributed by atoms with van der Waals surface area (Å²) in [7, 11) is 0. The second-order valence-corrected chi connectivity index (χ2v) is 6.22. The monoisotopic (exact) mass is 275 g/mol. The zero-order valence-corrected chi connectivity index (χ0v) is 12.8. The molecule has 0 spiro atoms. The Balaban J connectivity index is 2.56. The molecule has 1 aromatic rings. The van der Waals surface area contributed by atoms with E-state index < -0.39 is 0 Å². The zero-order valence-electron chi connectivity index (χ0n) is 11.9. The van der Waals surface area contributed by atoms with Crippen molar-refractivity contribution in [3.63, 3.8) is 0 Å². The molecule has 0 aliphatic rings. The Bertz CT molecular complexity index is 522. The predicted molar refractivity (Wildman–Crippen MR) is 82.9 cm³/mol. The maximum Gasteiger partial charge on any atom is 0.124 e. The Labute approximate surface area is 119 Å². The fraction of sp³-hybridized carbons (Fsp3) is 0.400. The molecule has 0 atom stereocenters. The number of hydrogen-bond acceptors (Lipinski definition) is 4. The van der Waals surface area contributed by atoms with Crippen LogP contribution in [-0.2, 0) is 0 Å². The fourth-order valence-electron chi connectivity index (χ4n) is 1.25. The first kappa shape index (κ1) is 15.5. The Morgan fingerprint density at radius 2 is 2.26 bits per heavy atom. The number of nitrogens with one attached hydrogen (secondary N) is 1. The number of nitrogens with zero attached hydrogens (tertiary/aromatic N) is 1. The van der Waals surface area contributed by atoms with Gasteiger partial charge < -0.3 is 11.1 Å². The van der Waals surface area contributed by atoms with E-state index >= 15 is 0 Å². The van der Waals surface area contributed by atoms with Gasteiger partial charge in [0.05, 0.1) is 5.01 Å². The van der Waals surface area contributed by atoms with E-state index in [1.807, 2.05) is 24.5 Å². The van der Waals surface area contributed by atoms with E-state index in [0.29, 0.717) is 0 Å². The number of rotatable bonds is 3. The van der Waals surface area contributed by atoms with E-state index in [9.17, 15) is 0 Å². The van der Waals surface area contributed by atoms with E-state index in [0.717, 1.165) is 22.8 Å². The molecule has 1 heterocycles. The quantitative estimate of drug-likeness (QED) is 0.658. The Kier molecular flexibility index (Phi) is 5.81. The van der Waals surface area contributed by atoms with Crippen LogP contribution in [0.3, 0.4) is 0 Å². The Morgan fingerprint density at radius 3 is 2.79 bits per heavy atom. The van der Waals surface area contributed by atoms with Gasteiger partial charge in [0.1, 0.15) is 5.69 Å². The lowest BCUT2D eigenvalue weighted by Gasteiger charge is -2.18. The van der Waals surface area contributed by atoms with E-state index in [1.165, 1.54) is 6.20 Å². The normalized spacial score (nSPS) is 12.5. The van der Waals surface area contributed by atoms with Gasteiger partial charge in [0.2, 0.25) is 0 Å². The summed E-state index contributed by atoms with van der Waals surface area (Å²) in [4.78, 5) is 4.29. The van der Waals surface area contributed by atoms with Crippen molar-refractivity contribution >= 4 is 11.3 Å². The van der Waals surface area contributed by atoms with Crippen molar-refractivity contribution in [2.24, 2.45) is 5.73 Å². The van der Waals surface area contributed by atoms with Crippen LogP contribution in [0.5, 0.6) is 0 Å². The van der Waals surface area contributed by atoms with Crippen molar-refractivity contribution in [1.82, 2.24) is 10.3 Å². The first-order valence-electron chi connectivity index (χ1n) is 6.18. The van der Waals surface area contributed by atoms with E-state index in [-0.39, 0.29) is 5.54 Å². The Morgan fingerprint density at radius 1 is 1.53 bits per heavy atom. The maximum absolute atomic E-state index is 5.56. The van der Waals surface area contributed by atoms with Crippen molar-refractivity contribution < 1.29 is 0 Å². The van der Waals surface area contributed by atoms with Crippen LogP contribution in [0.2, 0.25) is 0 Å². The third kappa shape index (κ3) is 6.80. The van der Waals surface area contributed by atoms with Crippen molar-refractivity contribution in [3.8, 4) is 11.8 Å². The van der Waals surface area contributed by atoms with Crippen molar-refractivity contribution in [1.29, 1.82) is 0 Å². The summed E-state index contributed by atoms with van der Waals surface area (Å²) >= 11 is 1.60. The summed E-state index contributed by atoms with van der Waals surface area (Å²) in [6.45, 7) is 9.15. The molecule has 3 nitrogen and oxygen atoms in total. The van der Waals surface area contributed by atoms with Gasteiger partial charge in [0.25, 0.3) is 0 Å². The molecular formula is C15H21N3S. The molecule has 19 heavy (non-hydrogen) atoms. The molecule has 0 saturated carbocycles. The number of nitrogens with two attached hydrogens (primary N) is 1. The summed E-state index contributed by atoms with van der Waals surface area (Å²) in [5.74, 6) is 6.02. The molecule has 0 saturated heterocycles. The molecule has 1 rings (SSSR count). The van der Waals surface area contributed by atoms with Crippen molar-refractivity contribution in [2.75, 3.05) is 6.54 Å². The van der Waals surface area contributed by atoms with Crippen LogP contribution in [0, 0.1) is 18.8 Å². The largest absolute Gasteiger partial charge is 0.404 e. The lowest BCUT2D eigenvalue weighted by atomic mass is 10.1. The highest BCUT2D eigenvalue weighted by Gasteiger charge is 2.05.